The molecule has 0 heterocycles. The fraction of sp³-hybridized carbons (Fsp3) is 0.208. The summed E-state index contributed by atoms with van der Waals surface area (Å²) in [6.45, 7) is 4.05. The third-order valence-corrected chi connectivity index (χ3v) is 6.48. The van der Waals surface area contributed by atoms with Crippen molar-refractivity contribution in [2.75, 3.05) is 22.8 Å². The monoisotopic (exact) mass is 438 g/mol. The number of para-hydroxylation sites is 1. The fourth-order valence-corrected chi connectivity index (χ4v) is 4.68. The van der Waals surface area contributed by atoms with Crippen molar-refractivity contribution >= 4 is 27.3 Å². The largest absolute Gasteiger partial charge is 0.494 e. The molecule has 0 unspecified atom stereocenters. The minimum atomic E-state index is -3.94. The fourth-order valence-electron chi connectivity index (χ4n) is 3.20. The molecule has 3 aromatic carbocycles. The van der Waals surface area contributed by atoms with Crippen LogP contribution >= 0.6 is 0 Å². The molecule has 0 aromatic heterocycles. The third-order valence-electron chi connectivity index (χ3n) is 4.71. The second kappa shape index (κ2) is 10.1. The van der Waals surface area contributed by atoms with Gasteiger partial charge in [0.1, 0.15) is 12.3 Å². The van der Waals surface area contributed by atoms with Crippen LogP contribution in [0, 0.1) is 0 Å². The molecule has 0 saturated carbocycles. The van der Waals surface area contributed by atoms with E-state index in [0.29, 0.717) is 30.2 Å². The summed E-state index contributed by atoms with van der Waals surface area (Å²) in [6.07, 6.45) is 0.636. The van der Waals surface area contributed by atoms with Gasteiger partial charge in [0.15, 0.2) is 0 Å². The van der Waals surface area contributed by atoms with Crippen molar-refractivity contribution in [3.05, 3.63) is 84.4 Å². The Hall–Kier alpha value is -3.32. The highest BCUT2D eigenvalue weighted by molar-refractivity contribution is 7.92. The molecule has 0 aliphatic heterocycles. The Morgan fingerprint density at radius 1 is 0.903 bits per heavy atom. The molecule has 6 nitrogen and oxygen atoms in total. The number of ether oxygens (including phenoxy) is 1. The predicted octanol–water partition coefficient (Wildman–Crippen LogP) is 4.48. The Balaban J connectivity index is 1.90. The van der Waals surface area contributed by atoms with Crippen LogP contribution in [0.25, 0.3) is 0 Å². The van der Waals surface area contributed by atoms with Crippen LogP contribution < -0.4 is 14.4 Å². The lowest BCUT2D eigenvalue weighted by molar-refractivity contribution is -0.114. The first-order valence-corrected chi connectivity index (χ1v) is 11.6. The highest BCUT2D eigenvalue weighted by Crippen LogP contribution is 2.27. The van der Waals surface area contributed by atoms with Gasteiger partial charge in [-0.05, 0) is 61.4 Å². The number of nitrogens with zero attached hydrogens (tertiary/aromatic N) is 1. The summed E-state index contributed by atoms with van der Waals surface area (Å²) in [5.41, 5.74) is 1.90. The Morgan fingerprint density at radius 3 is 2.19 bits per heavy atom. The number of nitrogens with one attached hydrogen (secondary N) is 1. The molecule has 162 valence electrons. The van der Waals surface area contributed by atoms with Crippen molar-refractivity contribution in [3.63, 3.8) is 0 Å². The summed E-state index contributed by atoms with van der Waals surface area (Å²) in [5, 5.41) is 2.77. The zero-order valence-electron chi connectivity index (χ0n) is 17.6. The van der Waals surface area contributed by atoms with E-state index >= 15 is 0 Å². The quantitative estimate of drug-likeness (QED) is 0.534. The van der Waals surface area contributed by atoms with E-state index in [1.165, 1.54) is 16.4 Å². The number of hydrogen-bond acceptors (Lipinski definition) is 4. The SMILES string of the molecule is CCOc1ccc(NC(=O)CN(c2ccccc2CC)S(=O)(=O)c2ccccc2)cc1. The molecule has 1 amide bonds. The molecule has 0 aliphatic carbocycles. The van der Waals surface area contributed by atoms with Gasteiger partial charge in [0, 0.05) is 5.69 Å². The molecule has 0 bridgehead atoms. The molecule has 0 atom stereocenters. The zero-order valence-corrected chi connectivity index (χ0v) is 18.4. The van der Waals surface area contributed by atoms with Crippen molar-refractivity contribution in [1.29, 1.82) is 0 Å². The lowest BCUT2D eigenvalue weighted by Crippen LogP contribution is -2.38. The highest BCUT2D eigenvalue weighted by atomic mass is 32.2. The smallest absolute Gasteiger partial charge is 0.264 e. The van der Waals surface area contributed by atoms with Gasteiger partial charge in [0.2, 0.25) is 5.91 Å². The molecule has 0 fully saturated rings. The zero-order chi connectivity index (χ0) is 22.3. The van der Waals surface area contributed by atoms with E-state index in [-0.39, 0.29) is 11.4 Å². The lowest BCUT2D eigenvalue weighted by Gasteiger charge is -2.26. The number of sulfonamides is 1. The second-order valence-electron chi connectivity index (χ2n) is 6.81. The summed E-state index contributed by atoms with van der Waals surface area (Å²) >= 11 is 0. The minimum absolute atomic E-state index is 0.134. The van der Waals surface area contributed by atoms with Gasteiger partial charge >= 0.3 is 0 Å². The van der Waals surface area contributed by atoms with Crippen molar-refractivity contribution in [1.82, 2.24) is 0 Å². The number of carbonyl (C=O) groups excluding carboxylic acids is 1. The van der Waals surface area contributed by atoms with Crippen LogP contribution in [0.3, 0.4) is 0 Å². The van der Waals surface area contributed by atoms with Crippen LogP contribution in [0.4, 0.5) is 11.4 Å². The molecule has 1 N–H and O–H groups in total. The number of benzene rings is 3. The van der Waals surface area contributed by atoms with Crippen molar-refractivity contribution in [3.8, 4) is 5.75 Å². The first kappa shape index (κ1) is 22.4. The van der Waals surface area contributed by atoms with E-state index in [0.717, 1.165) is 5.56 Å². The maximum absolute atomic E-state index is 13.4. The van der Waals surface area contributed by atoms with E-state index in [1.807, 2.05) is 26.0 Å². The highest BCUT2D eigenvalue weighted by Gasteiger charge is 2.28. The number of carbonyl (C=O) groups is 1. The molecule has 31 heavy (non-hydrogen) atoms. The minimum Gasteiger partial charge on any atom is -0.494 e. The summed E-state index contributed by atoms with van der Waals surface area (Å²) in [6, 6.07) is 22.3. The van der Waals surface area contributed by atoms with Gasteiger partial charge in [0.25, 0.3) is 10.0 Å². The van der Waals surface area contributed by atoms with E-state index < -0.39 is 15.9 Å². The molecule has 0 saturated heterocycles. The molecule has 3 rings (SSSR count). The van der Waals surface area contributed by atoms with E-state index in [1.54, 1.807) is 54.6 Å². The molecule has 0 spiro atoms. The number of hydrogen-bond donors (Lipinski definition) is 1. The van der Waals surface area contributed by atoms with Crippen molar-refractivity contribution < 1.29 is 17.9 Å². The average molecular weight is 439 g/mol. The summed E-state index contributed by atoms with van der Waals surface area (Å²) in [5.74, 6) is 0.264. The van der Waals surface area contributed by atoms with Gasteiger partial charge in [-0.15, -0.1) is 0 Å². The maximum atomic E-state index is 13.4. The summed E-state index contributed by atoms with van der Waals surface area (Å²) in [7, 11) is -3.94. The van der Waals surface area contributed by atoms with Crippen LogP contribution in [-0.2, 0) is 21.2 Å². The van der Waals surface area contributed by atoms with Gasteiger partial charge in [0.05, 0.1) is 17.2 Å². The number of anilines is 2. The topological polar surface area (TPSA) is 75.7 Å². The molecular weight excluding hydrogens is 412 g/mol. The van der Waals surface area contributed by atoms with E-state index in [9.17, 15) is 13.2 Å². The van der Waals surface area contributed by atoms with Crippen molar-refractivity contribution in [2.45, 2.75) is 25.2 Å². The standard InChI is InChI=1S/C24H26N2O4S/c1-3-19-10-8-9-13-23(19)26(31(28,29)22-11-6-5-7-12-22)18-24(27)25-20-14-16-21(17-15-20)30-4-2/h5-17H,3-4,18H2,1-2H3,(H,25,27). The van der Waals surface area contributed by atoms with Gasteiger partial charge < -0.3 is 10.1 Å². The van der Waals surface area contributed by atoms with Crippen LogP contribution in [-0.4, -0.2) is 27.5 Å². The molecule has 3 aromatic rings. The molecule has 0 radical (unpaired) electrons. The predicted molar refractivity (Wildman–Crippen MR) is 123 cm³/mol. The first-order chi connectivity index (χ1) is 15.0. The lowest BCUT2D eigenvalue weighted by atomic mass is 10.1. The van der Waals surface area contributed by atoms with E-state index in [4.69, 9.17) is 4.74 Å². The summed E-state index contributed by atoms with van der Waals surface area (Å²) in [4.78, 5) is 13.0. The maximum Gasteiger partial charge on any atom is 0.264 e. The Morgan fingerprint density at radius 2 is 1.55 bits per heavy atom. The third kappa shape index (κ3) is 5.44. The second-order valence-corrected chi connectivity index (χ2v) is 8.67. The number of rotatable bonds is 9. The van der Waals surface area contributed by atoms with Crippen LogP contribution in [0.5, 0.6) is 5.75 Å². The van der Waals surface area contributed by atoms with Crippen molar-refractivity contribution in [2.24, 2.45) is 0 Å². The Bertz CT molecular complexity index is 1110. The van der Waals surface area contributed by atoms with Gasteiger partial charge in [-0.25, -0.2) is 8.42 Å². The average Bonchev–Trinajstić information content (AvgIpc) is 2.79. The van der Waals surface area contributed by atoms with Gasteiger partial charge in [-0.2, -0.15) is 0 Å². The normalized spacial score (nSPS) is 11.0. The van der Waals surface area contributed by atoms with E-state index in [2.05, 4.69) is 5.32 Å². The van der Waals surface area contributed by atoms with Gasteiger partial charge in [-0.3, -0.25) is 9.10 Å². The van der Waals surface area contributed by atoms with Crippen LogP contribution in [0.2, 0.25) is 0 Å². The summed E-state index contributed by atoms with van der Waals surface area (Å²) < 4.78 is 33.4. The van der Waals surface area contributed by atoms with Crippen LogP contribution in [0.15, 0.2) is 83.8 Å². The molecular formula is C24H26N2O4S. The molecule has 0 aliphatic rings. The number of amides is 1. The first-order valence-electron chi connectivity index (χ1n) is 10.1. The number of aryl methyl sites for hydroxylation is 1. The Labute approximate surface area is 183 Å². The van der Waals surface area contributed by atoms with Gasteiger partial charge in [-0.1, -0.05) is 43.3 Å². The van der Waals surface area contributed by atoms with Crippen LogP contribution in [0.1, 0.15) is 19.4 Å². The molecule has 7 heteroatoms. The Kier molecular flexibility index (Phi) is 7.31.